The van der Waals surface area contributed by atoms with Crippen molar-refractivity contribution in [1.82, 2.24) is 0 Å². The highest BCUT2D eigenvalue weighted by molar-refractivity contribution is 6.21. The van der Waals surface area contributed by atoms with E-state index in [1.54, 1.807) is 0 Å². The SMILES string of the molecule is CC1(C)c2ccccc2-c2ccc(-c3ccc4c(c3)C(C)(C)c3cc(-c5ccc(-c6ccc(-c7ccc(-c8c9ccccc9c(-c9ccccc9)c9ccccc89)cc7)cc6)cc5)ccc3-4)cc21. The van der Waals surface area contributed by atoms with Crippen LogP contribution in [-0.4, -0.2) is 0 Å². The number of benzene rings is 11. The van der Waals surface area contributed by atoms with Crippen LogP contribution < -0.4 is 0 Å². The van der Waals surface area contributed by atoms with E-state index in [0.29, 0.717) is 0 Å². The molecule has 0 atom stereocenters. The van der Waals surface area contributed by atoms with Crippen molar-refractivity contribution >= 4 is 21.5 Å². The Hall–Kier alpha value is -8.06. The molecule has 0 nitrogen and oxygen atoms in total. The van der Waals surface area contributed by atoms with Crippen molar-refractivity contribution in [2.75, 3.05) is 0 Å². The lowest BCUT2D eigenvalue weighted by Gasteiger charge is -2.23. The molecule has 0 saturated carbocycles. The molecule has 0 radical (unpaired) electrons. The topological polar surface area (TPSA) is 0 Å². The van der Waals surface area contributed by atoms with Gasteiger partial charge in [0, 0.05) is 10.8 Å². The summed E-state index contributed by atoms with van der Waals surface area (Å²) < 4.78 is 0. The third-order valence-corrected chi connectivity index (χ3v) is 15.5. The molecule has 68 heavy (non-hydrogen) atoms. The van der Waals surface area contributed by atoms with Gasteiger partial charge in [0.2, 0.25) is 0 Å². The number of hydrogen-bond donors (Lipinski definition) is 0. The first kappa shape index (κ1) is 40.2. The second-order valence-corrected chi connectivity index (χ2v) is 20.0. The first-order valence-corrected chi connectivity index (χ1v) is 24.1. The second-order valence-electron chi connectivity index (χ2n) is 20.0. The standard InChI is InChI=1S/C68H50/c1-67(2)61-21-13-12-16-53(61)54-38-35-51(41-62(54)67)52-36-39-56-55-37-34-50(40-63(55)68(3,4)64(56)42-52)47-28-26-45(27-29-47)43-22-24-44(25-23-43)46-30-32-49(33-31-46)66-59-19-10-8-17-57(59)65(48-14-6-5-7-15-48)58-18-9-11-20-60(58)66/h5-42H,1-4H3. The van der Waals surface area contributed by atoms with Crippen molar-refractivity contribution in [3.8, 4) is 89.0 Å². The Morgan fingerprint density at radius 2 is 0.471 bits per heavy atom. The molecule has 0 fully saturated rings. The van der Waals surface area contributed by atoms with Gasteiger partial charge in [-0.25, -0.2) is 0 Å². The van der Waals surface area contributed by atoms with Gasteiger partial charge in [-0.3, -0.25) is 0 Å². The summed E-state index contributed by atoms with van der Waals surface area (Å²) in [6, 6.07) is 86.0. The van der Waals surface area contributed by atoms with Gasteiger partial charge >= 0.3 is 0 Å². The molecule has 2 aliphatic carbocycles. The van der Waals surface area contributed by atoms with Crippen molar-refractivity contribution in [1.29, 1.82) is 0 Å². The van der Waals surface area contributed by atoms with Crippen LogP contribution in [0.5, 0.6) is 0 Å². The van der Waals surface area contributed by atoms with Gasteiger partial charge in [-0.1, -0.05) is 240 Å². The van der Waals surface area contributed by atoms with E-state index in [4.69, 9.17) is 0 Å². The van der Waals surface area contributed by atoms with E-state index in [1.807, 2.05) is 0 Å². The van der Waals surface area contributed by atoms with Crippen LogP contribution in [0.1, 0.15) is 49.9 Å². The molecule has 0 saturated heterocycles. The zero-order chi connectivity index (χ0) is 45.7. The summed E-state index contributed by atoms with van der Waals surface area (Å²) in [5.41, 5.74) is 25.9. The monoisotopic (exact) mass is 866 g/mol. The van der Waals surface area contributed by atoms with E-state index in [1.165, 1.54) is 133 Å². The van der Waals surface area contributed by atoms with E-state index >= 15 is 0 Å². The lowest BCUT2D eigenvalue weighted by Crippen LogP contribution is -2.15. The van der Waals surface area contributed by atoms with Gasteiger partial charge in [0.25, 0.3) is 0 Å². The number of hydrogen-bond acceptors (Lipinski definition) is 0. The summed E-state index contributed by atoms with van der Waals surface area (Å²) in [5.74, 6) is 0. The fourth-order valence-corrected chi connectivity index (χ4v) is 11.9. The lowest BCUT2D eigenvalue weighted by molar-refractivity contribution is 0.659. The molecule has 11 aromatic rings. The second kappa shape index (κ2) is 15.2. The predicted octanol–water partition coefficient (Wildman–Crippen LogP) is 18.6. The summed E-state index contributed by atoms with van der Waals surface area (Å²) >= 11 is 0. The third-order valence-electron chi connectivity index (χ3n) is 15.5. The summed E-state index contributed by atoms with van der Waals surface area (Å²) in [5, 5.41) is 5.10. The highest BCUT2D eigenvalue weighted by atomic mass is 14.4. The summed E-state index contributed by atoms with van der Waals surface area (Å²) in [6.07, 6.45) is 0. The Morgan fingerprint density at radius 3 is 0.882 bits per heavy atom. The zero-order valence-corrected chi connectivity index (χ0v) is 38.9. The molecule has 11 aromatic carbocycles. The summed E-state index contributed by atoms with van der Waals surface area (Å²) in [7, 11) is 0. The van der Waals surface area contributed by atoms with E-state index in [-0.39, 0.29) is 10.8 Å². The number of fused-ring (bicyclic) bond motifs is 8. The maximum absolute atomic E-state index is 2.45. The molecule has 0 unspecified atom stereocenters. The zero-order valence-electron chi connectivity index (χ0n) is 38.9. The van der Waals surface area contributed by atoms with Crippen molar-refractivity contribution < 1.29 is 0 Å². The van der Waals surface area contributed by atoms with Gasteiger partial charge in [-0.2, -0.15) is 0 Å². The van der Waals surface area contributed by atoms with Gasteiger partial charge in [0.05, 0.1) is 0 Å². The van der Waals surface area contributed by atoms with Gasteiger partial charge in [0.15, 0.2) is 0 Å². The predicted molar refractivity (Wildman–Crippen MR) is 289 cm³/mol. The normalized spacial score (nSPS) is 13.8. The molecule has 13 rings (SSSR count). The Labute approximate surface area is 399 Å². The molecular formula is C68H50. The molecule has 322 valence electrons. The minimum absolute atomic E-state index is 0.0204. The molecule has 0 bridgehead atoms. The Balaban J connectivity index is 0.748. The first-order valence-electron chi connectivity index (χ1n) is 24.1. The molecule has 0 N–H and O–H groups in total. The Morgan fingerprint density at radius 1 is 0.206 bits per heavy atom. The molecular weight excluding hydrogens is 817 g/mol. The highest BCUT2D eigenvalue weighted by Gasteiger charge is 2.37. The minimum Gasteiger partial charge on any atom is -0.0622 e. The van der Waals surface area contributed by atoms with Crippen molar-refractivity contribution in [3.05, 3.63) is 253 Å². The average Bonchev–Trinajstić information content (AvgIpc) is 3.76. The van der Waals surface area contributed by atoms with Crippen LogP contribution in [0.3, 0.4) is 0 Å². The Kier molecular flexibility index (Phi) is 9.02. The van der Waals surface area contributed by atoms with E-state index in [0.717, 1.165) is 0 Å². The van der Waals surface area contributed by atoms with Crippen LogP contribution in [0.2, 0.25) is 0 Å². The fourth-order valence-electron chi connectivity index (χ4n) is 11.9. The summed E-state index contributed by atoms with van der Waals surface area (Å²) in [4.78, 5) is 0. The van der Waals surface area contributed by atoms with Gasteiger partial charge in [-0.15, -0.1) is 0 Å². The van der Waals surface area contributed by atoms with E-state index in [9.17, 15) is 0 Å². The van der Waals surface area contributed by atoms with Gasteiger partial charge < -0.3 is 0 Å². The van der Waals surface area contributed by atoms with E-state index < -0.39 is 0 Å². The molecule has 0 aromatic heterocycles. The largest absolute Gasteiger partial charge is 0.0622 e. The van der Waals surface area contributed by atoms with Crippen molar-refractivity contribution in [3.63, 3.8) is 0 Å². The van der Waals surface area contributed by atoms with Crippen LogP contribution in [0.25, 0.3) is 111 Å². The smallest absolute Gasteiger partial charge is 0.0159 e. The molecule has 0 aliphatic heterocycles. The van der Waals surface area contributed by atoms with E-state index in [2.05, 4.69) is 258 Å². The third kappa shape index (κ3) is 6.21. The van der Waals surface area contributed by atoms with Gasteiger partial charge in [0.1, 0.15) is 0 Å². The fraction of sp³-hybridized carbons (Fsp3) is 0.0882. The first-order chi connectivity index (χ1) is 33.2. The Bertz CT molecular complexity index is 3730. The molecule has 2 aliphatic rings. The quantitative estimate of drug-likeness (QED) is 0.146. The molecule has 0 heteroatoms. The van der Waals surface area contributed by atoms with Crippen LogP contribution >= 0.6 is 0 Å². The number of rotatable bonds is 6. The van der Waals surface area contributed by atoms with Crippen LogP contribution in [0.4, 0.5) is 0 Å². The minimum atomic E-state index is -0.123. The maximum atomic E-state index is 2.45. The molecule has 0 amide bonds. The van der Waals surface area contributed by atoms with Crippen molar-refractivity contribution in [2.24, 2.45) is 0 Å². The lowest BCUT2D eigenvalue weighted by atomic mass is 9.80. The summed E-state index contributed by atoms with van der Waals surface area (Å²) in [6.45, 7) is 9.51. The molecule has 0 heterocycles. The maximum Gasteiger partial charge on any atom is 0.0159 e. The average molecular weight is 867 g/mol. The molecule has 0 spiro atoms. The highest BCUT2D eigenvalue weighted by Crippen LogP contribution is 2.53. The van der Waals surface area contributed by atoms with Gasteiger partial charge in [-0.05, 0) is 151 Å². The van der Waals surface area contributed by atoms with Crippen LogP contribution in [0, 0.1) is 0 Å². The van der Waals surface area contributed by atoms with Crippen molar-refractivity contribution in [2.45, 2.75) is 38.5 Å². The van der Waals surface area contributed by atoms with Crippen LogP contribution in [-0.2, 0) is 10.8 Å². The van der Waals surface area contributed by atoms with Crippen LogP contribution in [0.15, 0.2) is 231 Å².